The molecule has 3 aromatic carbocycles. The molecule has 1 aliphatic carbocycles. The van der Waals surface area contributed by atoms with Crippen LogP contribution in [0.15, 0.2) is 83.7 Å². The highest BCUT2D eigenvalue weighted by Crippen LogP contribution is 2.53. The van der Waals surface area contributed by atoms with Crippen LogP contribution < -0.4 is 5.56 Å². The van der Waals surface area contributed by atoms with Crippen molar-refractivity contribution in [2.24, 2.45) is 0 Å². The van der Waals surface area contributed by atoms with Gasteiger partial charge in [0.05, 0.1) is 5.56 Å². The van der Waals surface area contributed by atoms with E-state index in [0.29, 0.717) is 43.1 Å². The Labute approximate surface area is 267 Å². The standard InChI is InChI=1S/C36H40F3N5O2/c1-4-32-35(46)40-34(31-22-30(31)28-10-8-7-9-11-28)44(41-32)24-33(45)43(21-20-42(5-2)6-3)23-25-12-14-26(15-13-25)27-16-18-29(19-17-27)36(37,38)39/h7-19,30-31H,4-6,20-24H2,1-3H3/t30-,31?/m0/s1. The molecule has 1 fully saturated rings. The van der Waals surface area contributed by atoms with E-state index < -0.39 is 11.7 Å². The molecule has 4 aromatic rings. The Kier molecular flexibility index (Phi) is 10.4. The largest absolute Gasteiger partial charge is 0.416 e. The van der Waals surface area contributed by atoms with Crippen molar-refractivity contribution in [1.29, 1.82) is 0 Å². The number of alkyl halides is 3. The maximum absolute atomic E-state index is 14.0. The molecule has 10 heteroatoms. The topological polar surface area (TPSA) is 71.3 Å². The van der Waals surface area contributed by atoms with Crippen molar-refractivity contribution in [3.63, 3.8) is 0 Å². The van der Waals surface area contributed by atoms with Crippen molar-refractivity contribution in [1.82, 2.24) is 24.6 Å². The number of hydrogen-bond donors (Lipinski definition) is 0. The van der Waals surface area contributed by atoms with Crippen molar-refractivity contribution in [3.05, 3.63) is 117 Å². The van der Waals surface area contributed by atoms with Gasteiger partial charge in [-0.05, 0) is 66.2 Å². The Balaban J connectivity index is 1.37. The average molecular weight is 632 g/mol. The van der Waals surface area contributed by atoms with Crippen LogP contribution in [0.2, 0.25) is 0 Å². The van der Waals surface area contributed by atoms with Gasteiger partial charge in [-0.15, -0.1) is 0 Å². The summed E-state index contributed by atoms with van der Waals surface area (Å²) in [5, 5.41) is 4.62. The zero-order valence-corrected chi connectivity index (χ0v) is 26.5. The van der Waals surface area contributed by atoms with Crippen LogP contribution in [0.3, 0.4) is 0 Å². The third-order valence-electron chi connectivity index (χ3n) is 8.74. The molecule has 0 aliphatic heterocycles. The smallest absolute Gasteiger partial charge is 0.335 e. The first kappa shape index (κ1) is 33.1. The summed E-state index contributed by atoms with van der Waals surface area (Å²) in [6.07, 6.45) is -3.12. The molecule has 7 nitrogen and oxygen atoms in total. The second-order valence-electron chi connectivity index (χ2n) is 11.7. The van der Waals surface area contributed by atoms with Crippen LogP contribution in [-0.2, 0) is 30.5 Å². The number of nitrogens with zero attached hydrogens (tertiary/aromatic N) is 5. The minimum atomic E-state index is -4.38. The van der Waals surface area contributed by atoms with Gasteiger partial charge in [0.1, 0.15) is 18.1 Å². The summed E-state index contributed by atoms with van der Waals surface area (Å²) in [5.41, 5.74) is 2.85. The molecule has 5 rings (SSSR count). The normalized spacial score (nSPS) is 16.1. The van der Waals surface area contributed by atoms with Crippen LogP contribution in [0.25, 0.3) is 11.1 Å². The third kappa shape index (κ3) is 7.91. The van der Waals surface area contributed by atoms with E-state index >= 15 is 0 Å². The highest BCUT2D eigenvalue weighted by molar-refractivity contribution is 5.76. The lowest BCUT2D eigenvalue weighted by Gasteiger charge is -2.27. The van der Waals surface area contributed by atoms with Gasteiger partial charge in [-0.25, -0.2) is 4.68 Å². The zero-order chi connectivity index (χ0) is 32.8. The fourth-order valence-corrected chi connectivity index (χ4v) is 5.82. The monoisotopic (exact) mass is 631 g/mol. The molecule has 0 bridgehead atoms. The van der Waals surface area contributed by atoms with Gasteiger partial charge in [-0.3, -0.25) is 9.59 Å². The summed E-state index contributed by atoms with van der Waals surface area (Å²) in [5.74, 6) is 0.667. The number of carbonyl (C=O) groups excluding carboxylic acids is 1. The van der Waals surface area contributed by atoms with Crippen LogP contribution >= 0.6 is 0 Å². The van der Waals surface area contributed by atoms with Crippen LogP contribution in [-0.4, -0.2) is 56.7 Å². The number of hydrogen-bond acceptors (Lipinski definition) is 5. The maximum atomic E-state index is 14.0. The number of benzene rings is 3. The first-order valence-electron chi connectivity index (χ1n) is 15.9. The number of likely N-dealkylation sites (N-methyl/N-ethyl adjacent to an activating group) is 1. The summed E-state index contributed by atoms with van der Waals surface area (Å²) >= 11 is 0. The Morgan fingerprint density at radius 3 is 2.09 bits per heavy atom. The van der Waals surface area contributed by atoms with Crippen LogP contribution in [0, 0.1) is 0 Å². The number of rotatable bonds is 13. The molecule has 0 spiro atoms. The lowest BCUT2D eigenvalue weighted by Crippen LogP contribution is -2.41. The number of aromatic nitrogens is 3. The molecular formula is C36H40F3N5O2. The van der Waals surface area contributed by atoms with E-state index in [1.54, 1.807) is 4.68 Å². The highest BCUT2D eigenvalue weighted by atomic mass is 19.4. The quantitative estimate of drug-likeness (QED) is 0.168. The Morgan fingerprint density at radius 1 is 0.870 bits per heavy atom. The molecule has 1 heterocycles. The van der Waals surface area contributed by atoms with E-state index in [0.717, 1.165) is 42.8 Å². The first-order valence-corrected chi connectivity index (χ1v) is 15.9. The summed E-state index contributed by atoms with van der Waals surface area (Å²) < 4.78 is 40.7. The highest BCUT2D eigenvalue weighted by Gasteiger charge is 2.43. The van der Waals surface area contributed by atoms with Crippen LogP contribution in [0.5, 0.6) is 0 Å². The van der Waals surface area contributed by atoms with Gasteiger partial charge in [0.2, 0.25) is 5.91 Å². The molecule has 1 aliphatic rings. The van der Waals surface area contributed by atoms with E-state index in [1.165, 1.54) is 17.7 Å². The van der Waals surface area contributed by atoms with Crippen LogP contribution in [0.4, 0.5) is 13.2 Å². The molecule has 0 radical (unpaired) electrons. The zero-order valence-electron chi connectivity index (χ0n) is 26.5. The van der Waals surface area contributed by atoms with Crippen molar-refractivity contribution < 1.29 is 18.0 Å². The molecule has 1 aromatic heterocycles. The predicted molar refractivity (Wildman–Crippen MR) is 172 cm³/mol. The molecule has 46 heavy (non-hydrogen) atoms. The number of aryl methyl sites for hydroxylation is 1. The lowest BCUT2D eigenvalue weighted by molar-refractivity contribution is -0.137. The van der Waals surface area contributed by atoms with Crippen molar-refractivity contribution >= 4 is 5.91 Å². The fraction of sp³-hybridized carbons (Fsp3) is 0.389. The number of amides is 1. The SMILES string of the molecule is CCc1nn(CC(=O)N(CCN(CC)CC)Cc2ccc(-c3ccc(C(F)(F)F)cc3)cc2)c(C2C[C@H]2c2ccccc2)nc1=O. The van der Waals surface area contributed by atoms with Gasteiger partial charge in [0.25, 0.3) is 5.56 Å². The first-order chi connectivity index (χ1) is 22.1. The van der Waals surface area contributed by atoms with E-state index in [9.17, 15) is 22.8 Å². The van der Waals surface area contributed by atoms with E-state index in [-0.39, 0.29) is 29.8 Å². The minimum Gasteiger partial charge on any atom is -0.335 e. The van der Waals surface area contributed by atoms with E-state index in [2.05, 4.69) is 41.0 Å². The molecule has 242 valence electrons. The van der Waals surface area contributed by atoms with Gasteiger partial charge in [0, 0.05) is 25.6 Å². The third-order valence-corrected chi connectivity index (χ3v) is 8.74. The van der Waals surface area contributed by atoms with Gasteiger partial charge >= 0.3 is 6.18 Å². The second-order valence-corrected chi connectivity index (χ2v) is 11.7. The van der Waals surface area contributed by atoms with Crippen LogP contribution in [0.1, 0.15) is 67.2 Å². The Hall–Kier alpha value is -4.31. The molecule has 0 saturated heterocycles. The number of carbonyl (C=O) groups is 1. The van der Waals surface area contributed by atoms with Crippen molar-refractivity contribution in [2.75, 3.05) is 26.2 Å². The summed E-state index contributed by atoms with van der Waals surface area (Å²) in [6.45, 7) is 9.27. The molecular weight excluding hydrogens is 591 g/mol. The number of halogens is 3. The molecule has 2 atom stereocenters. The van der Waals surface area contributed by atoms with E-state index in [1.807, 2.05) is 54.3 Å². The molecule has 0 N–H and O–H groups in total. The summed E-state index contributed by atoms with van der Waals surface area (Å²) in [7, 11) is 0. The minimum absolute atomic E-state index is 0.0168. The molecule has 1 amide bonds. The predicted octanol–water partition coefficient (Wildman–Crippen LogP) is 6.53. The summed E-state index contributed by atoms with van der Waals surface area (Å²) in [4.78, 5) is 35.2. The van der Waals surface area contributed by atoms with Gasteiger partial charge in [0.15, 0.2) is 0 Å². The van der Waals surface area contributed by atoms with Gasteiger partial charge in [-0.1, -0.05) is 87.5 Å². The fourth-order valence-electron chi connectivity index (χ4n) is 5.82. The Morgan fingerprint density at radius 2 is 1.50 bits per heavy atom. The molecule has 1 unspecified atom stereocenters. The van der Waals surface area contributed by atoms with Crippen molar-refractivity contribution in [2.45, 2.75) is 64.7 Å². The van der Waals surface area contributed by atoms with E-state index in [4.69, 9.17) is 0 Å². The second kappa shape index (κ2) is 14.4. The maximum Gasteiger partial charge on any atom is 0.416 e. The lowest BCUT2D eigenvalue weighted by atomic mass is 10.0. The summed E-state index contributed by atoms with van der Waals surface area (Å²) in [6, 6.07) is 22.7. The van der Waals surface area contributed by atoms with Gasteiger partial charge in [-0.2, -0.15) is 23.3 Å². The average Bonchev–Trinajstić information content (AvgIpc) is 3.86. The Bertz CT molecular complexity index is 1670. The molecule has 1 saturated carbocycles. The van der Waals surface area contributed by atoms with Gasteiger partial charge < -0.3 is 9.80 Å². The van der Waals surface area contributed by atoms with Crippen molar-refractivity contribution in [3.8, 4) is 11.1 Å².